The Morgan fingerprint density at radius 2 is 1.80 bits per heavy atom. The zero-order valence-electron chi connectivity index (χ0n) is 6.20. The Morgan fingerprint density at radius 1 is 1.30 bits per heavy atom. The standard InChI is InChI=1S/C8H11NO/c1-8(2,10)7-3-5-9-6-4-7/h3-6,10H,1-2H3. The van der Waals surface area contributed by atoms with Gasteiger partial charge in [0.05, 0.1) is 5.60 Å². The van der Waals surface area contributed by atoms with E-state index in [1.54, 1.807) is 38.4 Å². The Kier molecular flexibility index (Phi) is 1.72. The predicted octanol–water partition coefficient (Wildman–Crippen LogP) is 1.31. The summed E-state index contributed by atoms with van der Waals surface area (Å²) in [6.07, 6.45) is 3.35. The van der Waals surface area contributed by atoms with E-state index in [2.05, 4.69) is 4.98 Å². The molecule has 0 atom stereocenters. The van der Waals surface area contributed by atoms with Crippen LogP contribution in [0.4, 0.5) is 0 Å². The van der Waals surface area contributed by atoms with Crippen molar-refractivity contribution in [2.45, 2.75) is 19.4 Å². The molecule has 0 saturated carbocycles. The Labute approximate surface area is 60.5 Å². The normalized spacial score (nSPS) is 11.5. The molecule has 0 aromatic carbocycles. The molecule has 0 aliphatic heterocycles. The van der Waals surface area contributed by atoms with Crippen LogP contribution >= 0.6 is 0 Å². The van der Waals surface area contributed by atoms with Crippen molar-refractivity contribution >= 4 is 0 Å². The molecule has 1 rings (SSSR count). The third kappa shape index (κ3) is 1.54. The van der Waals surface area contributed by atoms with Gasteiger partial charge in [-0.1, -0.05) is 0 Å². The molecule has 0 amide bonds. The number of aromatic nitrogens is 1. The first-order valence-electron chi connectivity index (χ1n) is 3.23. The summed E-state index contributed by atoms with van der Waals surface area (Å²) in [5.41, 5.74) is 0.144. The molecule has 0 bridgehead atoms. The highest BCUT2D eigenvalue weighted by molar-refractivity contribution is 5.16. The van der Waals surface area contributed by atoms with Gasteiger partial charge in [-0.05, 0) is 31.5 Å². The molecule has 0 radical (unpaired) electrons. The second-order valence-corrected chi connectivity index (χ2v) is 2.79. The van der Waals surface area contributed by atoms with E-state index in [1.165, 1.54) is 0 Å². The molecule has 0 unspecified atom stereocenters. The molecular formula is C8H11NO. The minimum atomic E-state index is -0.747. The molecule has 0 spiro atoms. The fourth-order valence-corrected chi connectivity index (χ4v) is 0.760. The van der Waals surface area contributed by atoms with Crippen LogP contribution in [0.1, 0.15) is 19.4 Å². The number of aliphatic hydroxyl groups is 1. The van der Waals surface area contributed by atoms with Gasteiger partial charge in [-0.25, -0.2) is 0 Å². The molecule has 2 heteroatoms. The van der Waals surface area contributed by atoms with Gasteiger partial charge in [-0.3, -0.25) is 4.98 Å². The summed E-state index contributed by atoms with van der Waals surface area (Å²) in [4.78, 5) is 3.85. The van der Waals surface area contributed by atoms with Crippen molar-refractivity contribution in [3.05, 3.63) is 30.1 Å². The Hall–Kier alpha value is -0.890. The summed E-state index contributed by atoms with van der Waals surface area (Å²) >= 11 is 0. The molecule has 1 N–H and O–H groups in total. The van der Waals surface area contributed by atoms with E-state index in [0.717, 1.165) is 5.56 Å². The van der Waals surface area contributed by atoms with Crippen LogP contribution in [-0.2, 0) is 5.60 Å². The lowest BCUT2D eigenvalue weighted by Crippen LogP contribution is -2.14. The average molecular weight is 137 g/mol. The van der Waals surface area contributed by atoms with E-state index >= 15 is 0 Å². The third-order valence-electron chi connectivity index (χ3n) is 1.39. The van der Waals surface area contributed by atoms with Gasteiger partial charge in [0.2, 0.25) is 0 Å². The number of hydrogen-bond acceptors (Lipinski definition) is 2. The first-order valence-corrected chi connectivity index (χ1v) is 3.23. The van der Waals surface area contributed by atoms with E-state index in [1.807, 2.05) is 0 Å². The van der Waals surface area contributed by atoms with Crippen molar-refractivity contribution in [3.8, 4) is 0 Å². The van der Waals surface area contributed by atoms with Crippen molar-refractivity contribution in [1.29, 1.82) is 0 Å². The lowest BCUT2D eigenvalue weighted by molar-refractivity contribution is 0.0785. The molecule has 54 valence electrons. The molecule has 2 nitrogen and oxygen atoms in total. The van der Waals surface area contributed by atoms with Crippen LogP contribution in [-0.4, -0.2) is 10.1 Å². The molecular weight excluding hydrogens is 126 g/mol. The quantitative estimate of drug-likeness (QED) is 0.633. The highest BCUT2D eigenvalue weighted by Gasteiger charge is 2.14. The second kappa shape index (κ2) is 2.39. The van der Waals surface area contributed by atoms with Crippen LogP contribution < -0.4 is 0 Å². The maximum absolute atomic E-state index is 9.46. The maximum atomic E-state index is 9.46. The highest BCUT2D eigenvalue weighted by atomic mass is 16.3. The van der Waals surface area contributed by atoms with E-state index in [-0.39, 0.29) is 0 Å². The van der Waals surface area contributed by atoms with Gasteiger partial charge in [0.25, 0.3) is 0 Å². The zero-order chi connectivity index (χ0) is 7.61. The van der Waals surface area contributed by atoms with Gasteiger partial charge >= 0.3 is 0 Å². The van der Waals surface area contributed by atoms with Gasteiger partial charge < -0.3 is 5.11 Å². The molecule has 0 aliphatic rings. The van der Waals surface area contributed by atoms with Gasteiger partial charge in [-0.2, -0.15) is 0 Å². The minimum absolute atomic E-state index is 0.747. The first kappa shape index (κ1) is 7.22. The lowest BCUT2D eigenvalue weighted by atomic mass is 10.0. The van der Waals surface area contributed by atoms with Crippen LogP contribution in [0.15, 0.2) is 24.5 Å². The monoisotopic (exact) mass is 137 g/mol. The maximum Gasteiger partial charge on any atom is 0.0841 e. The topological polar surface area (TPSA) is 33.1 Å². The summed E-state index contributed by atoms with van der Waals surface area (Å²) < 4.78 is 0. The van der Waals surface area contributed by atoms with Crippen molar-refractivity contribution in [1.82, 2.24) is 4.98 Å². The zero-order valence-corrected chi connectivity index (χ0v) is 6.20. The van der Waals surface area contributed by atoms with Crippen LogP contribution in [0.2, 0.25) is 0 Å². The Balaban J connectivity index is 2.97. The largest absolute Gasteiger partial charge is 0.386 e. The molecule has 0 fully saturated rings. The summed E-state index contributed by atoms with van der Waals surface area (Å²) in [6.45, 7) is 3.50. The molecule has 0 aliphatic carbocycles. The summed E-state index contributed by atoms with van der Waals surface area (Å²) in [6, 6.07) is 3.61. The van der Waals surface area contributed by atoms with E-state index in [0.29, 0.717) is 0 Å². The van der Waals surface area contributed by atoms with Crippen molar-refractivity contribution in [2.75, 3.05) is 0 Å². The Bertz CT molecular complexity index is 200. The average Bonchev–Trinajstić information content (AvgIpc) is 1.88. The second-order valence-electron chi connectivity index (χ2n) is 2.79. The third-order valence-corrected chi connectivity index (χ3v) is 1.39. The van der Waals surface area contributed by atoms with Crippen LogP contribution in [0.5, 0.6) is 0 Å². The van der Waals surface area contributed by atoms with Gasteiger partial charge in [0.1, 0.15) is 0 Å². The van der Waals surface area contributed by atoms with E-state index in [4.69, 9.17) is 0 Å². The smallest absolute Gasteiger partial charge is 0.0841 e. The molecule has 10 heavy (non-hydrogen) atoms. The Morgan fingerprint density at radius 3 is 2.10 bits per heavy atom. The van der Waals surface area contributed by atoms with E-state index in [9.17, 15) is 5.11 Å². The van der Waals surface area contributed by atoms with Crippen LogP contribution in [0, 0.1) is 0 Å². The lowest BCUT2D eigenvalue weighted by Gasteiger charge is -2.16. The minimum Gasteiger partial charge on any atom is -0.386 e. The molecule has 1 aromatic heterocycles. The summed E-state index contributed by atoms with van der Waals surface area (Å²) in [7, 11) is 0. The number of hydrogen-bond donors (Lipinski definition) is 1. The molecule has 0 saturated heterocycles. The fraction of sp³-hybridized carbons (Fsp3) is 0.375. The summed E-state index contributed by atoms with van der Waals surface area (Å²) in [5, 5.41) is 9.46. The summed E-state index contributed by atoms with van der Waals surface area (Å²) in [5.74, 6) is 0. The van der Waals surface area contributed by atoms with Crippen molar-refractivity contribution in [3.63, 3.8) is 0 Å². The van der Waals surface area contributed by atoms with Crippen molar-refractivity contribution in [2.24, 2.45) is 0 Å². The number of rotatable bonds is 1. The number of nitrogens with zero attached hydrogens (tertiary/aromatic N) is 1. The van der Waals surface area contributed by atoms with Crippen molar-refractivity contribution < 1.29 is 5.11 Å². The molecule has 1 aromatic rings. The highest BCUT2D eigenvalue weighted by Crippen LogP contribution is 2.17. The van der Waals surface area contributed by atoms with Gasteiger partial charge in [0.15, 0.2) is 0 Å². The van der Waals surface area contributed by atoms with Gasteiger partial charge in [0, 0.05) is 12.4 Å². The SMILES string of the molecule is CC(C)(O)c1ccncc1. The van der Waals surface area contributed by atoms with E-state index < -0.39 is 5.60 Å². The first-order chi connectivity index (χ1) is 4.61. The fourth-order valence-electron chi connectivity index (χ4n) is 0.760. The number of pyridine rings is 1. The predicted molar refractivity (Wildman–Crippen MR) is 39.5 cm³/mol. The van der Waals surface area contributed by atoms with Gasteiger partial charge in [-0.15, -0.1) is 0 Å². The molecule has 1 heterocycles. The van der Waals surface area contributed by atoms with Crippen LogP contribution in [0.25, 0.3) is 0 Å². The van der Waals surface area contributed by atoms with Crippen LogP contribution in [0.3, 0.4) is 0 Å².